The maximum Gasteiger partial charge on any atom is 0.221 e. The zero-order valence-corrected chi connectivity index (χ0v) is 12.7. The van der Waals surface area contributed by atoms with Crippen LogP contribution in [0.3, 0.4) is 0 Å². The molecule has 0 aromatic heterocycles. The lowest BCUT2D eigenvalue weighted by molar-refractivity contribution is -0.122. The van der Waals surface area contributed by atoms with E-state index in [1.807, 2.05) is 27.7 Å². The van der Waals surface area contributed by atoms with Crippen LogP contribution in [0.5, 0.6) is 0 Å². The Hall–Kier alpha value is -1.10. The van der Waals surface area contributed by atoms with Gasteiger partial charge < -0.3 is 16.4 Å². The molecule has 2 amide bonds. The van der Waals surface area contributed by atoms with E-state index in [1.54, 1.807) is 0 Å². The van der Waals surface area contributed by atoms with E-state index in [0.717, 1.165) is 12.8 Å². The van der Waals surface area contributed by atoms with E-state index >= 15 is 0 Å². The summed E-state index contributed by atoms with van der Waals surface area (Å²) in [5, 5.41) is 5.56. The summed E-state index contributed by atoms with van der Waals surface area (Å²) >= 11 is 0. The van der Waals surface area contributed by atoms with Crippen LogP contribution in [0.1, 0.15) is 53.4 Å². The third-order valence-corrected chi connectivity index (χ3v) is 3.31. The molecule has 0 aromatic rings. The largest absolute Gasteiger partial charge is 0.356 e. The van der Waals surface area contributed by atoms with Gasteiger partial charge in [0.05, 0.1) is 0 Å². The lowest BCUT2D eigenvalue weighted by atomic mass is 9.94. The van der Waals surface area contributed by atoms with Gasteiger partial charge >= 0.3 is 0 Å². The average molecular weight is 271 g/mol. The molecular formula is C14H29N3O2. The van der Waals surface area contributed by atoms with Crippen molar-refractivity contribution in [2.75, 3.05) is 13.1 Å². The molecule has 19 heavy (non-hydrogen) atoms. The van der Waals surface area contributed by atoms with E-state index in [2.05, 4.69) is 10.6 Å². The summed E-state index contributed by atoms with van der Waals surface area (Å²) in [6.07, 6.45) is 2.45. The number of nitrogens with one attached hydrogen (secondary N) is 2. The van der Waals surface area contributed by atoms with Crippen LogP contribution >= 0.6 is 0 Å². The second-order valence-corrected chi connectivity index (χ2v) is 5.54. The van der Waals surface area contributed by atoms with Crippen molar-refractivity contribution in [2.45, 2.75) is 58.9 Å². The Morgan fingerprint density at radius 2 is 1.68 bits per heavy atom. The summed E-state index contributed by atoms with van der Waals surface area (Å²) < 4.78 is 0. The number of hydrogen-bond acceptors (Lipinski definition) is 3. The summed E-state index contributed by atoms with van der Waals surface area (Å²) in [5.41, 5.74) is 5.77. The molecule has 5 nitrogen and oxygen atoms in total. The summed E-state index contributed by atoms with van der Waals surface area (Å²) in [7, 11) is 0. The summed E-state index contributed by atoms with van der Waals surface area (Å²) in [5.74, 6) is 0.264. The van der Waals surface area contributed by atoms with E-state index in [1.165, 1.54) is 0 Å². The quantitative estimate of drug-likeness (QED) is 0.588. The number of nitrogens with two attached hydrogens (primary N) is 1. The molecule has 0 aromatic carbocycles. The smallest absolute Gasteiger partial charge is 0.221 e. The highest BCUT2D eigenvalue weighted by Crippen LogP contribution is 2.09. The molecule has 5 heteroatoms. The van der Waals surface area contributed by atoms with Crippen LogP contribution in [-0.2, 0) is 9.59 Å². The Morgan fingerprint density at radius 3 is 2.16 bits per heavy atom. The van der Waals surface area contributed by atoms with Crippen molar-refractivity contribution in [3.05, 3.63) is 0 Å². The van der Waals surface area contributed by atoms with Crippen molar-refractivity contribution >= 4 is 11.8 Å². The van der Waals surface area contributed by atoms with Gasteiger partial charge in [0.1, 0.15) is 0 Å². The lowest BCUT2D eigenvalue weighted by Crippen LogP contribution is -2.49. The molecule has 0 radical (unpaired) electrons. The van der Waals surface area contributed by atoms with Gasteiger partial charge in [0, 0.05) is 31.5 Å². The van der Waals surface area contributed by atoms with Crippen LogP contribution in [0.2, 0.25) is 0 Å². The first-order valence-corrected chi connectivity index (χ1v) is 7.15. The van der Waals surface area contributed by atoms with Crippen molar-refractivity contribution in [3.63, 3.8) is 0 Å². The van der Waals surface area contributed by atoms with E-state index in [-0.39, 0.29) is 17.4 Å². The average Bonchev–Trinajstić information content (AvgIpc) is 2.35. The Labute approximate surface area is 116 Å². The van der Waals surface area contributed by atoms with Crippen molar-refractivity contribution in [1.82, 2.24) is 10.6 Å². The van der Waals surface area contributed by atoms with Gasteiger partial charge in [-0.3, -0.25) is 9.59 Å². The normalized spacial score (nSPS) is 11.5. The number of amides is 2. The molecule has 0 atom stereocenters. The van der Waals surface area contributed by atoms with Crippen LogP contribution in [0.15, 0.2) is 0 Å². The second kappa shape index (κ2) is 8.91. The molecule has 0 fully saturated rings. The SMILES string of the molecule is CCC(N)(CC)CNC(=O)CCNC(=O)CC(C)C. The minimum absolute atomic E-state index is 0.00177. The number of carbonyl (C=O) groups excluding carboxylic acids is 2. The van der Waals surface area contributed by atoms with Gasteiger partial charge in [0.2, 0.25) is 11.8 Å². The lowest BCUT2D eigenvalue weighted by Gasteiger charge is -2.26. The maximum atomic E-state index is 11.6. The van der Waals surface area contributed by atoms with Gasteiger partial charge in [-0.25, -0.2) is 0 Å². The Balaban J connectivity index is 3.79. The molecular weight excluding hydrogens is 242 g/mol. The maximum absolute atomic E-state index is 11.6. The fraction of sp³-hybridized carbons (Fsp3) is 0.857. The van der Waals surface area contributed by atoms with E-state index in [0.29, 0.717) is 31.8 Å². The van der Waals surface area contributed by atoms with Gasteiger partial charge in [-0.15, -0.1) is 0 Å². The molecule has 0 saturated heterocycles. The van der Waals surface area contributed by atoms with Gasteiger partial charge in [0.25, 0.3) is 0 Å². The molecule has 0 heterocycles. The second-order valence-electron chi connectivity index (χ2n) is 5.54. The summed E-state index contributed by atoms with van der Waals surface area (Å²) in [6, 6.07) is 0. The molecule has 0 unspecified atom stereocenters. The predicted octanol–water partition coefficient (Wildman–Crippen LogP) is 1.17. The highest BCUT2D eigenvalue weighted by molar-refractivity contribution is 5.79. The summed E-state index contributed by atoms with van der Waals surface area (Å²) in [4.78, 5) is 23.0. The molecule has 0 spiro atoms. The topological polar surface area (TPSA) is 84.2 Å². The minimum Gasteiger partial charge on any atom is -0.356 e. The van der Waals surface area contributed by atoms with Crippen molar-refractivity contribution < 1.29 is 9.59 Å². The Morgan fingerprint density at radius 1 is 1.11 bits per heavy atom. The van der Waals surface area contributed by atoms with Crippen molar-refractivity contribution in [2.24, 2.45) is 11.7 Å². The molecule has 4 N–H and O–H groups in total. The predicted molar refractivity (Wildman–Crippen MR) is 77.6 cm³/mol. The third kappa shape index (κ3) is 8.59. The first kappa shape index (κ1) is 17.9. The van der Waals surface area contributed by atoms with Gasteiger partial charge in [-0.05, 0) is 18.8 Å². The fourth-order valence-electron chi connectivity index (χ4n) is 1.62. The Bertz CT molecular complexity index is 286. The van der Waals surface area contributed by atoms with E-state index < -0.39 is 0 Å². The first-order valence-electron chi connectivity index (χ1n) is 7.15. The van der Waals surface area contributed by atoms with Crippen LogP contribution in [0, 0.1) is 5.92 Å². The van der Waals surface area contributed by atoms with Crippen LogP contribution in [0.4, 0.5) is 0 Å². The van der Waals surface area contributed by atoms with Gasteiger partial charge in [-0.1, -0.05) is 27.7 Å². The third-order valence-electron chi connectivity index (χ3n) is 3.31. The first-order chi connectivity index (χ1) is 8.83. The zero-order chi connectivity index (χ0) is 14.9. The monoisotopic (exact) mass is 271 g/mol. The van der Waals surface area contributed by atoms with Gasteiger partial charge in [-0.2, -0.15) is 0 Å². The highest BCUT2D eigenvalue weighted by atomic mass is 16.2. The fourth-order valence-corrected chi connectivity index (χ4v) is 1.62. The molecule has 0 rings (SSSR count). The minimum atomic E-state index is -0.323. The molecule has 112 valence electrons. The van der Waals surface area contributed by atoms with Crippen LogP contribution < -0.4 is 16.4 Å². The molecule has 0 bridgehead atoms. The number of rotatable bonds is 9. The van der Waals surface area contributed by atoms with Crippen molar-refractivity contribution in [3.8, 4) is 0 Å². The Kier molecular flexibility index (Phi) is 8.39. The number of hydrogen-bond donors (Lipinski definition) is 3. The molecule has 0 aliphatic heterocycles. The van der Waals surface area contributed by atoms with E-state index in [4.69, 9.17) is 5.73 Å². The summed E-state index contributed by atoms with van der Waals surface area (Å²) in [6.45, 7) is 8.88. The highest BCUT2D eigenvalue weighted by Gasteiger charge is 2.20. The van der Waals surface area contributed by atoms with Crippen molar-refractivity contribution in [1.29, 1.82) is 0 Å². The zero-order valence-electron chi connectivity index (χ0n) is 12.7. The number of carbonyl (C=O) groups is 2. The van der Waals surface area contributed by atoms with E-state index in [9.17, 15) is 9.59 Å². The van der Waals surface area contributed by atoms with Crippen LogP contribution in [-0.4, -0.2) is 30.4 Å². The van der Waals surface area contributed by atoms with Gasteiger partial charge in [0.15, 0.2) is 0 Å². The molecule has 0 saturated carbocycles. The molecule has 0 aliphatic rings. The standard InChI is InChI=1S/C14H29N3O2/c1-5-14(15,6-2)10-17-12(18)7-8-16-13(19)9-11(3)4/h11H,5-10,15H2,1-4H3,(H,16,19)(H,17,18). The van der Waals surface area contributed by atoms with Crippen LogP contribution in [0.25, 0.3) is 0 Å². The molecule has 0 aliphatic carbocycles.